The average molecular weight is 644 g/mol. The molecule has 1 aromatic rings. The van der Waals surface area contributed by atoms with Crippen molar-refractivity contribution in [3.05, 3.63) is 55.9 Å². The Balaban J connectivity index is 2.37. The zero-order valence-corrected chi connectivity index (χ0v) is 30.0. The van der Waals surface area contributed by atoms with E-state index in [-0.39, 0.29) is 33.7 Å². The third-order valence-electron chi connectivity index (χ3n) is 9.45. The van der Waals surface area contributed by atoms with E-state index in [0.29, 0.717) is 5.56 Å². The quantitative estimate of drug-likeness (QED) is 0.253. The van der Waals surface area contributed by atoms with Crippen LogP contribution >= 0.6 is 0 Å². The van der Waals surface area contributed by atoms with Gasteiger partial charge in [-0.25, -0.2) is 8.98 Å². The number of aromatic nitrogens is 2. The van der Waals surface area contributed by atoms with Crippen molar-refractivity contribution < 1.29 is 26.2 Å². The van der Waals surface area contributed by atoms with Crippen LogP contribution in [0.15, 0.2) is 39.0 Å². The molecular weight excluding hydrogens is 595 g/mol. The summed E-state index contributed by atoms with van der Waals surface area (Å²) in [6.07, 6.45) is -0.604. The summed E-state index contributed by atoms with van der Waals surface area (Å²) in [5, 5.41) is -0.461. The van der Waals surface area contributed by atoms with E-state index in [1.54, 1.807) is 6.92 Å². The third kappa shape index (κ3) is 5.71. The Morgan fingerprint density at radius 1 is 1.10 bits per heavy atom. The highest BCUT2D eigenvalue weighted by molar-refractivity contribution is 7.91. The minimum atomic E-state index is -4.32. The number of rotatable bonds is 8. The molecule has 0 aliphatic carbocycles. The molecule has 11 nitrogen and oxygen atoms in total. The summed E-state index contributed by atoms with van der Waals surface area (Å²) in [4.78, 5) is 26.0. The van der Waals surface area contributed by atoms with Gasteiger partial charge in [-0.3, -0.25) is 13.9 Å². The Morgan fingerprint density at radius 2 is 1.64 bits per heavy atom. The van der Waals surface area contributed by atoms with E-state index in [2.05, 4.69) is 40.4 Å². The zero-order valence-electron chi connectivity index (χ0n) is 27.2. The molecule has 1 fully saturated rings. The SMILES string of the molecule is C=CCC1=C(N)C2(OS1(=O)=O)[C@@H](CO[Si](C)(C)C(C)(C)C)O[C@@H](n1cc(C)c(=O)n(C)c1=O)[C@@H]2O[Si](C)(C)C(C)(C)C. The van der Waals surface area contributed by atoms with Gasteiger partial charge in [0.25, 0.3) is 15.7 Å². The second-order valence-corrected chi connectivity index (χ2v) is 25.5. The number of ether oxygens (including phenoxy) is 1. The van der Waals surface area contributed by atoms with Gasteiger partial charge in [0.1, 0.15) is 12.2 Å². The Bertz CT molecular complexity index is 1500. The van der Waals surface area contributed by atoms with Crippen molar-refractivity contribution in [3.63, 3.8) is 0 Å². The summed E-state index contributed by atoms with van der Waals surface area (Å²) in [6.45, 7) is 25.8. The molecule has 0 saturated carbocycles. The molecule has 4 atom stereocenters. The first-order chi connectivity index (χ1) is 18.9. The zero-order chi connectivity index (χ0) is 32.4. The fourth-order valence-electron chi connectivity index (χ4n) is 4.68. The molecule has 3 rings (SSSR count). The van der Waals surface area contributed by atoms with Gasteiger partial charge in [-0.2, -0.15) is 8.42 Å². The highest BCUT2D eigenvalue weighted by Gasteiger charge is 2.68. The summed E-state index contributed by atoms with van der Waals surface area (Å²) in [6, 6.07) is 0. The minimum Gasteiger partial charge on any atom is -0.414 e. The lowest BCUT2D eigenvalue weighted by Gasteiger charge is -2.43. The standard InChI is InChI=1S/C28H49N3O8SSi2/c1-14-15-19-21(29)28(39-40(19,34)35)20(17-36-41(10,11)26(3,4)5)37-24(22(28)38-42(12,13)27(6,7)8)31-16-18(2)23(32)30(9)25(31)33/h14,16,20,22,24H,1,15,17,29H2,2-13H3/t20-,22+,24-,28?/m1/s1. The van der Waals surface area contributed by atoms with Gasteiger partial charge in [-0.15, -0.1) is 6.58 Å². The number of nitrogens with two attached hydrogens (primary N) is 1. The molecular formula is C28H49N3O8SSi2. The van der Waals surface area contributed by atoms with E-state index < -0.39 is 62.0 Å². The molecule has 2 aliphatic rings. The summed E-state index contributed by atoms with van der Waals surface area (Å²) in [7, 11) is -8.00. The summed E-state index contributed by atoms with van der Waals surface area (Å²) in [5.41, 5.74) is 4.10. The maximum absolute atomic E-state index is 13.5. The first-order valence-corrected chi connectivity index (χ1v) is 21.4. The molecule has 0 amide bonds. The van der Waals surface area contributed by atoms with Crippen molar-refractivity contribution in [2.75, 3.05) is 6.61 Å². The topological polar surface area (TPSA) is 141 Å². The minimum absolute atomic E-state index is 0.0490. The highest BCUT2D eigenvalue weighted by Crippen LogP contribution is 2.54. The lowest BCUT2D eigenvalue weighted by molar-refractivity contribution is -0.0566. The van der Waals surface area contributed by atoms with Crippen LogP contribution in [0.3, 0.4) is 0 Å². The van der Waals surface area contributed by atoms with Crippen LogP contribution in [0.5, 0.6) is 0 Å². The van der Waals surface area contributed by atoms with E-state index in [9.17, 15) is 18.0 Å². The van der Waals surface area contributed by atoms with Gasteiger partial charge >= 0.3 is 5.69 Å². The molecule has 2 N–H and O–H groups in total. The molecule has 0 aromatic carbocycles. The maximum atomic E-state index is 13.5. The predicted octanol–water partition coefficient (Wildman–Crippen LogP) is 4.01. The van der Waals surface area contributed by atoms with Crippen LogP contribution in [-0.2, 0) is 34.9 Å². The van der Waals surface area contributed by atoms with E-state index >= 15 is 0 Å². The Hall–Kier alpha value is -1.82. The molecule has 0 bridgehead atoms. The van der Waals surface area contributed by atoms with Crippen molar-refractivity contribution in [2.45, 2.75) is 115 Å². The van der Waals surface area contributed by atoms with Crippen molar-refractivity contribution in [1.29, 1.82) is 0 Å². The monoisotopic (exact) mass is 643 g/mol. The van der Waals surface area contributed by atoms with Gasteiger partial charge in [-0.05, 0) is 43.2 Å². The molecule has 1 saturated heterocycles. The van der Waals surface area contributed by atoms with Crippen LogP contribution in [0.4, 0.5) is 0 Å². The van der Waals surface area contributed by atoms with E-state index in [1.165, 1.54) is 23.9 Å². The van der Waals surface area contributed by atoms with Gasteiger partial charge in [0, 0.05) is 25.2 Å². The highest BCUT2D eigenvalue weighted by atomic mass is 32.2. The molecule has 2 aliphatic heterocycles. The first kappa shape index (κ1) is 34.7. The number of aryl methyl sites for hydroxylation is 1. The molecule has 1 aromatic heterocycles. The van der Waals surface area contributed by atoms with Crippen molar-refractivity contribution in [1.82, 2.24) is 9.13 Å². The second kappa shape index (κ2) is 11.0. The summed E-state index contributed by atoms with van der Waals surface area (Å²) >= 11 is 0. The lowest BCUT2D eigenvalue weighted by atomic mass is 9.88. The second-order valence-electron chi connectivity index (χ2n) is 14.4. The number of allylic oxidation sites excluding steroid dienone is 2. The number of hydrogen-bond acceptors (Lipinski definition) is 9. The van der Waals surface area contributed by atoms with Crippen LogP contribution < -0.4 is 17.0 Å². The Labute approximate surface area is 252 Å². The fraction of sp³-hybridized carbons (Fsp3) is 0.714. The van der Waals surface area contributed by atoms with Crippen LogP contribution in [0.2, 0.25) is 36.3 Å². The van der Waals surface area contributed by atoms with Crippen molar-refractivity contribution in [3.8, 4) is 0 Å². The summed E-state index contributed by atoms with van der Waals surface area (Å²) < 4.78 is 55.5. The normalized spacial score (nSPS) is 26.8. The summed E-state index contributed by atoms with van der Waals surface area (Å²) in [5.74, 6) is 0. The largest absolute Gasteiger partial charge is 0.414 e. The molecule has 0 radical (unpaired) electrons. The molecule has 3 heterocycles. The molecule has 42 heavy (non-hydrogen) atoms. The van der Waals surface area contributed by atoms with Gasteiger partial charge in [0.2, 0.25) is 0 Å². The first-order valence-electron chi connectivity index (χ1n) is 14.2. The molecule has 1 unspecified atom stereocenters. The third-order valence-corrected chi connectivity index (χ3v) is 19.9. The molecule has 14 heteroatoms. The fourth-order valence-corrected chi connectivity index (χ4v) is 8.46. The van der Waals surface area contributed by atoms with Crippen LogP contribution in [0.1, 0.15) is 59.8 Å². The van der Waals surface area contributed by atoms with Crippen LogP contribution in [-0.4, -0.2) is 58.6 Å². The number of nitrogens with zero attached hydrogens (tertiary/aromatic N) is 2. The lowest BCUT2D eigenvalue weighted by Crippen LogP contribution is -2.59. The van der Waals surface area contributed by atoms with E-state index in [4.69, 9.17) is 23.5 Å². The van der Waals surface area contributed by atoms with E-state index in [0.717, 1.165) is 4.57 Å². The molecule has 238 valence electrons. The van der Waals surface area contributed by atoms with Crippen molar-refractivity contribution in [2.24, 2.45) is 12.8 Å². The van der Waals surface area contributed by atoms with Crippen molar-refractivity contribution >= 4 is 26.8 Å². The van der Waals surface area contributed by atoms with Crippen LogP contribution in [0, 0.1) is 6.92 Å². The van der Waals surface area contributed by atoms with Crippen LogP contribution in [0.25, 0.3) is 0 Å². The van der Waals surface area contributed by atoms with E-state index in [1.807, 2.05) is 33.9 Å². The van der Waals surface area contributed by atoms with Gasteiger partial charge in [0.05, 0.1) is 17.2 Å². The van der Waals surface area contributed by atoms with Gasteiger partial charge < -0.3 is 19.3 Å². The Morgan fingerprint density at radius 3 is 2.14 bits per heavy atom. The average Bonchev–Trinajstić information content (AvgIpc) is 3.23. The smallest absolute Gasteiger partial charge is 0.332 e. The molecule has 1 spiro atoms. The maximum Gasteiger partial charge on any atom is 0.332 e. The predicted molar refractivity (Wildman–Crippen MR) is 169 cm³/mol. The number of hydrogen-bond donors (Lipinski definition) is 1. The van der Waals surface area contributed by atoms with Gasteiger partial charge in [0.15, 0.2) is 28.5 Å². The Kier molecular flexibility index (Phi) is 9.05. The van der Waals surface area contributed by atoms with Gasteiger partial charge in [-0.1, -0.05) is 47.6 Å².